The maximum Gasteiger partial charge on any atom is 0.260 e. The van der Waals surface area contributed by atoms with E-state index in [4.69, 9.17) is 4.74 Å². The first-order valence-corrected chi connectivity index (χ1v) is 9.27. The molecule has 7 heteroatoms. The summed E-state index contributed by atoms with van der Waals surface area (Å²) in [7, 11) is 0. The van der Waals surface area contributed by atoms with Crippen LogP contribution in [0, 0.1) is 0 Å². The molecule has 0 bridgehead atoms. The summed E-state index contributed by atoms with van der Waals surface area (Å²) in [5.74, 6) is 1.84. The van der Waals surface area contributed by atoms with Gasteiger partial charge in [-0.05, 0) is 25.0 Å². The maximum absolute atomic E-state index is 12.6. The molecule has 0 atom stereocenters. The summed E-state index contributed by atoms with van der Waals surface area (Å²) in [5.41, 5.74) is 0.506. The molecule has 4 rings (SSSR count). The van der Waals surface area contributed by atoms with Crippen LogP contribution in [0.25, 0.3) is 0 Å². The zero-order valence-corrected chi connectivity index (χ0v) is 15.1. The van der Waals surface area contributed by atoms with Crippen LogP contribution in [0.3, 0.4) is 0 Å². The maximum atomic E-state index is 12.6. The Labute approximate surface area is 158 Å². The van der Waals surface area contributed by atoms with Crippen LogP contribution in [0.1, 0.15) is 34.9 Å². The molecule has 2 heterocycles. The average Bonchev–Trinajstić information content (AvgIpc) is 3.58. The Kier molecular flexibility index (Phi) is 5.00. The van der Waals surface area contributed by atoms with Crippen LogP contribution in [0.15, 0.2) is 42.7 Å². The summed E-state index contributed by atoms with van der Waals surface area (Å²) in [4.78, 5) is 37.0. The molecule has 140 valence electrons. The third kappa shape index (κ3) is 4.24. The molecule has 27 heavy (non-hydrogen) atoms. The number of rotatable bonds is 5. The van der Waals surface area contributed by atoms with Crippen LogP contribution in [0.2, 0.25) is 0 Å². The van der Waals surface area contributed by atoms with Crippen LogP contribution in [0.4, 0.5) is 0 Å². The number of carbonyl (C=O) groups excluding carboxylic acids is 2. The molecular weight excluding hydrogens is 344 g/mol. The Morgan fingerprint density at radius 1 is 0.963 bits per heavy atom. The van der Waals surface area contributed by atoms with Crippen LogP contribution in [0.5, 0.6) is 5.75 Å². The van der Waals surface area contributed by atoms with E-state index in [9.17, 15) is 9.59 Å². The number of benzene rings is 1. The van der Waals surface area contributed by atoms with Gasteiger partial charge in [0.1, 0.15) is 11.6 Å². The molecule has 2 amide bonds. The van der Waals surface area contributed by atoms with E-state index in [1.165, 1.54) is 0 Å². The van der Waals surface area contributed by atoms with Crippen molar-refractivity contribution in [3.8, 4) is 5.75 Å². The van der Waals surface area contributed by atoms with Gasteiger partial charge in [-0.15, -0.1) is 0 Å². The first-order chi connectivity index (χ1) is 13.2. The molecule has 1 saturated carbocycles. The van der Waals surface area contributed by atoms with E-state index in [0.29, 0.717) is 43.4 Å². The minimum absolute atomic E-state index is 0.00836. The molecule has 0 spiro atoms. The second-order valence-corrected chi connectivity index (χ2v) is 6.88. The molecule has 1 aliphatic carbocycles. The van der Waals surface area contributed by atoms with Gasteiger partial charge in [-0.1, -0.05) is 18.2 Å². The molecule has 0 radical (unpaired) electrons. The third-order valence-corrected chi connectivity index (χ3v) is 4.89. The molecule has 2 aliphatic rings. The highest BCUT2D eigenvalue weighted by atomic mass is 16.5. The lowest BCUT2D eigenvalue weighted by Crippen LogP contribution is -2.51. The lowest BCUT2D eigenvalue weighted by Gasteiger charge is -2.34. The molecule has 1 aromatic heterocycles. The highest BCUT2D eigenvalue weighted by Crippen LogP contribution is 2.37. The Hall–Kier alpha value is -2.96. The third-order valence-electron chi connectivity index (χ3n) is 4.89. The van der Waals surface area contributed by atoms with Crippen LogP contribution < -0.4 is 4.74 Å². The number of hydrogen-bond donors (Lipinski definition) is 0. The molecule has 0 unspecified atom stereocenters. The fourth-order valence-electron chi connectivity index (χ4n) is 3.10. The Balaban J connectivity index is 1.26. The summed E-state index contributed by atoms with van der Waals surface area (Å²) < 4.78 is 5.51. The van der Waals surface area contributed by atoms with E-state index in [-0.39, 0.29) is 18.4 Å². The second kappa shape index (κ2) is 7.73. The van der Waals surface area contributed by atoms with Crippen LogP contribution >= 0.6 is 0 Å². The largest absolute Gasteiger partial charge is 0.484 e. The van der Waals surface area contributed by atoms with Crippen LogP contribution in [-0.2, 0) is 4.79 Å². The smallest absolute Gasteiger partial charge is 0.260 e. The molecular formula is C20H22N4O3. The number of nitrogens with zero attached hydrogens (tertiary/aromatic N) is 4. The molecule has 1 aliphatic heterocycles. The molecule has 1 aromatic carbocycles. The standard InChI is InChI=1S/C20H22N4O3/c25-18(14-27-17-4-2-1-3-5-17)23-8-10-24(11-9-23)20(26)16-12-21-19(22-13-16)15-6-7-15/h1-5,12-13,15H,6-11,14H2. The summed E-state index contributed by atoms with van der Waals surface area (Å²) in [6.07, 6.45) is 5.51. The minimum atomic E-state index is -0.0787. The first kappa shape index (κ1) is 17.5. The average molecular weight is 366 g/mol. The number of ether oxygens (including phenoxy) is 1. The summed E-state index contributed by atoms with van der Waals surface area (Å²) >= 11 is 0. The summed E-state index contributed by atoms with van der Waals surface area (Å²) in [6, 6.07) is 9.27. The quantitative estimate of drug-likeness (QED) is 0.805. The lowest BCUT2D eigenvalue weighted by molar-refractivity contribution is -0.134. The van der Waals surface area contributed by atoms with Crippen molar-refractivity contribution in [2.45, 2.75) is 18.8 Å². The number of piperazine rings is 1. The molecule has 7 nitrogen and oxygen atoms in total. The topological polar surface area (TPSA) is 75.6 Å². The normalized spacial score (nSPS) is 16.9. The fraction of sp³-hybridized carbons (Fsp3) is 0.400. The highest BCUT2D eigenvalue weighted by Gasteiger charge is 2.28. The van der Waals surface area contributed by atoms with Gasteiger partial charge < -0.3 is 14.5 Å². The van der Waals surface area contributed by atoms with Gasteiger partial charge in [-0.3, -0.25) is 9.59 Å². The van der Waals surface area contributed by atoms with Crippen molar-refractivity contribution in [1.29, 1.82) is 0 Å². The van der Waals surface area contributed by atoms with E-state index < -0.39 is 0 Å². The number of carbonyl (C=O) groups is 2. The zero-order chi connectivity index (χ0) is 18.6. The van der Waals surface area contributed by atoms with Gasteiger partial charge in [0, 0.05) is 44.5 Å². The lowest BCUT2D eigenvalue weighted by atomic mass is 10.2. The van der Waals surface area contributed by atoms with E-state index in [0.717, 1.165) is 18.7 Å². The second-order valence-electron chi connectivity index (χ2n) is 6.88. The van der Waals surface area contributed by atoms with Gasteiger partial charge in [-0.2, -0.15) is 0 Å². The van der Waals surface area contributed by atoms with Gasteiger partial charge in [-0.25, -0.2) is 9.97 Å². The Morgan fingerprint density at radius 3 is 2.22 bits per heavy atom. The predicted molar refractivity (Wildman–Crippen MR) is 98.4 cm³/mol. The van der Waals surface area contributed by atoms with Gasteiger partial charge in [0.2, 0.25) is 0 Å². The summed E-state index contributed by atoms with van der Waals surface area (Å²) in [5, 5.41) is 0. The van der Waals surface area contributed by atoms with Crippen molar-refractivity contribution in [1.82, 2.24) is 19.8 Å². The monoisotopic (exact) mass is 366 g/mol. The van der Waals surface area contributed by atoms with Crippen LogP contribution in [-0.4, -0.2) is 64.4 Å². The van der Waals surface area contributed by atoms with Gasteiger partial charge in [0.15, 0.2) is 6.61 Å². The van der Waals surface area contributed by atoms with Gasteiger partial charge >= 0.3 is 0 Å². The zero-order valence-electron chi connectivity index (χ0n) is 15.1. The van der Waals surface area contributed by atoms with E-state index in [1.807, 2.05) is 30.3 Å². The molecule has 2 fully saturated rings. The highest BCUT2D eigenvalue weighted by molar-refractivity contribution is 5.93. The fourth-order valence-corrected chi connectivity index (χ4v) is 3.10. The van der Waals surface area contributed by atoms with E-state index in [1.54, 1.807) is 22.2 Å². The van der Waals surface area contributed by atoms with E-state index in [2.05, 4.69) is 9.97 Å². The van der Waals surface area contributed by atoms with Crippen molar-refractivity contribution >= 4 is 11.8 Å². The van der Waals surface area contributed by atoms with Crippen molar-refractivity contribution in [2.75, 3.05) is 32.8 Å². The Morgan fingerprint density at radius 2 is 1.59 bits per heavy atom. The number of hydrogen-bond acceptors (Lipinski definition) is 5. The Bertz CT molecular complexity index is 798. The minimum Gasteiger partial charge on any atom is -0.484 e. The van der Waals surface area contributed by atoms with Crippen molar-refractivity contribution in [2.24, 2.45) is 0 Å². The van der Waals surface area contributed by atoms with Gasteiger partial charge in [0.05, 0.1) is 5.56 Å². The predicted octanol–water partition coefficient (Wildman–Crippen LogP) is 1.72. The van der Waals surface area contributed by atoms with Gasteiger partial charge in [0.25, 0.3) is 11.8 Å². The van der Waals surface area contributed by atoms with E-state index >= 15 is 0 Å². The number of amides is 2. The van der Waals surface area contributed by atoms with Crippen molar-refractivity contribution in [3.05, 3.63) is 54.1 Å². The molecule has 0 N–H and O–H groups in total. The SMILES string of the molecule is O=C(COc1ccccc1)N1CCN(C(=O)c2cnc(C3CC3)nc2)CC1. The first-order valence-electron chi connectivity index (χ1n) is 9.27. The van der Waals surface area contributed by atoms with Crippen molar-refractivity contribution < 1.29 is 14.3 Å². The van der Waals surface area contributed by atoms with Crippen molar-refractivity contribution in [3.63, 3.8) is 0 Å². The number of para-hydroxylation sites is 1. The molecule has 1 saturated heterocycles. The summed E-state index contributed by atoms with van der Waals surface area (Å²) in [6.45, 7) is 2.02. The number of aromatic nitrogens is 2. The molecule has 2 aromatic rings.